The average Bonchev–Trinajstić information content (AvgIpc) is 1.83. The fraction of sp³-hybridized carbons (Fsp3) is 0.667. The van der Waals surface area contributed by atoms with Gasteiger partial charge in [-0.1, -0.05) is 0 Å². The van der Waals surface area contributed by atoms with Crippen LogP contribution in [0.5, 0.6) is 0 Å². The summed E-state index contributed by atoms with van der Waals surface area (Å²) in [7, 11) is -3.07. The van der Waals surface area contributed by atoms with Crippen LogP contribution in [0.25, 0.3) is 0 Å². The minimum atomic E-state index is -4.03. The summed E-state index contributed by atoms with van der Waals surface area (Å²) in [6.45, 7) is 2.11. The molecule has 0 aromatic carbocycles. The van der Waals surface area contributed by atoms with Crippen molar-refractivity contribution in [3.8, 4) is 0 Å². The first-order valence-corrected chi connectivity index (χ1v) is 6.97. The van der Waals surface area contributed by atoms with Gasteiger partial charge in [-0.3, -0.25) is 4.55 Å². The number of hydrogen-bond donors (Lipinski definition) is 1. The molecule has 0 unspecified atom stereocenters. The maximum absolute atomic E-state index is 10.1. The summed E-state index contributed by atoms with van der Waals surface area (Å²) < 4.78 is 33.3. The molecule has 0 aliphatic carbocycles. The highest BCUT2D eigenvalue weighted by Crippen LogP contribution is 2.28. The zero-order chi connectivity index (χ0) is 8.91. The van der Waals surface area contributed by atoms with Gasteiger partial charge in [-0.05, 0) is 19.1 Å². The van der Waals surface area contributed by atoms with E-state index in [1.807, 2.05) is 0 Å². The van der Waals surface area contributed by atoms with Crippen molar-refractivity contribution in [1.29, 1.82) is 0 Å². The van der Waals surface area contributed by atoms with Gasteiger partial charge in [0.2, 0.25) is 4.38 Å². The maximum atomic E-state index is 10.1. The second-order valence-corrected chi connectivity index (χ2v) is 6.82. The number of thiocarbonyl (C=S) groups is 1. The molecule has 0 aromatic rings. The number of hydrogen-bond acceptors (Lipinski definition) is 6. The van der Waals surface area contributed by atoms with E-state index < -0.39 is 9.15 Å². The fourth-order valence-electron chi connectivity index (χ4n) is 0.213. The van der Waals surface area contributed by atoms with Crippen LogP contribution >= 0.6 is 32.8 Å². The fourth-order valence-corrected chi connectivity index (χ4v) is 3.23. The highest BCUT2D eigenvalue weighted by atomic mass is 33.5. The quantitative estimate of drug-likeness (QED) is 0.451. The monoisotopic (exact) mass is 234 g/mol. The summed E-state index contributed by atoms with van der Waals surface area (Å²) in [5, 5.41) is 0. The van der Waals surface area contributed by atoms with E-state index in [4.69, 9.17) is 9.29 Å². The molecular formula is C3H6O4S4. The average molecular weight is 234 g/mol. The molecular weight excluding hydrogens is 228 g/mol. The van der Waals surface area contributed by atoms with Gasteiger partial charge < -0.3 is 4.74 Å². The predicted octanol–water partition coefficient (Wildman–Crippen LogP) is 1.49. The lowest BCUT2D eigenvalue weighted by atomic mass is 10.9. The van der Waals surface area contributed by atoms with Gasteiger partial charge in [-0.15, -0.1) is 0 Å². The molecule has 0 saturated heterocycles. The van der Waals surface area contributed by atoms with Gasteiger partial charge >= 0.3 is 9.15 Å². The molecule has 0 fully saturated rings. The van der Waals surface area contributed by atoms with E-state index in [1.165, 1.54) is 0 Å². The molecule has 0 aromatic heterocycles. The summed E-state index contributed by atoms with van der Waals surface area (Å²) in [6, 6.07) is 0. The van der Waals surface area contributed by atoms with E-state index in [0.717, 1.165) is 0 Å². The molecule has 0 aliphatic heterocycles. The SMILES string of the molecule is CCOC(=S)SSS(=O)(=O)O. The Hall–Kier alpha value is 0.500. The molecule has 0 amide bonds. The first-order chi connectivity index (χ1) is 4.95. The van der Waals surface area contributed by atoms with E-state index in [0.29, 0.717) is 17.4 Å². The lowest BCUT2D eigenvalue weighted by molar-refractivity contribution is 0.346. The largest absolute Gasteiger partial charge is 0.478 e. The molecule has 0 spiro atoms. The standard InChI is InChI=1S/C3H6O4S4/c1-2-7-3(8)9-10-11(4,5)6/h2H2,1H3,(H,4,5,6). The zero-order valence-electron chi connectivity index (χ0n) is 5.51. The minimum absolute atomic E-state index is 0.0927. The van der Waals surface area contributed by atoms with Gasteiger partial charge in [0.05, 0.1) is 16.4 Å². The molecule has 66 valence electrons. The van der Waals surface area contributed by atoms with Crippen LogP contribution < -0.4 is 0 Å². The van der Waals surface area contributed by atoms with Crippen LogP contribution in [-0.4, -0.2) is 24.0 Å². The molecule has 0 bridgehead atoms. The molecule has 11 heavy (non-hydrogen) atoms. The molecule has 0 saturated carbocycles. The summed E-state index contributed by atoms with van der Waals surface area (Å²) in [5.74, 6) is 0. The van der Waals surface area contributed by atoms with Crippen molar-refractivity contribution in [2.75, 3.05) is 6.61 Å². The van der Waals surface area contributed by atoms with Crippen LogP contribution in [0.15, 0.2) is 0 Å². The first-order valence-electron chi connectivity index (χ1n) is 2.46. The summed E-state index contributed by atoms with van der Waals surface area (Å²) in [4.78, 5) is 0. The normalized spacial score (nSPS) is 11.1. The van der Waals surface area contributed by atoms with Gasteiger partial charge in [0, 0.05) is 10.8 Å². The molecule has 0 rings (SSSR count). The lowest BCUT2D eigenvalue weighted by Gasteiger charge is -1.99. The highest BCUT2D eigenvalue weighted by Gasteiger charge is 2.08. The Morgan fingerprint density at radius 3 is 2.64 bits per heavy atom. The van der Waals surface area contributed by atoms with Gasteiger partial charge in [0.1, 0.15) is 0 Å². The number of rotatable bonds is 3. The van der Waals surface area contributed by atoms with E-state index in [1.54, 1.807) is 6.92 Å². The molecule has 0 aliphatic rings. The third kappa shape index (κ3) is 8.41. The van der Waals surface area contributed by atoms with E-state index in [-0.39, 0.29) is 14.2 Å². The third-order valence-electron chi connectivity index (χ3n) is 0.450. The Balaban J connectivity index is 3.64. The Morgan fingerprint density at radius 2 is 2.27 bits per heavy atom. The van der Waals surface area contributed by atoms with E-state index >= 15 is 0 Å². The molecule has 0 atom stereocenters. The number of ether oxygens (including phenoxy) is 1. The van der Waals surface area contributed by atoms with Gasteiger partial charge in [-0.25, -0.2) is 0 Å². The smallest absolute Gasteiger partial charge is 0.330 e. The summed E-state index contributed by atoms with van der Waals surface area (Å²) in [6.07, 6.45) is 0. The van der Waals surface area contributed by atoms with Crippen LogP contribution in [0, 0.1) is 0 Å². The van der Waals surface area contributed by atoms with Gasteiger partial charge in [0.15, 0.2) is 0 Å². The lowest BCUT2D eigenvalue weighted by Crippen LogP contribution is -1.95. The van der Waals surface area contributed by atoms with Crippen molar-refractivity contribution in [3.63, 3.8) is 0 Å². The minimum Gasteiger partial charge on any atom is -0.478 e. The van der Waals surface area contributed by atoms with Crippen LogP contribution in [0.4, 0.5) is 0 Å². The van der Waals surface area contributed by atoms with Crippen LogP contribution in [0.2, 0.25) is 0 Å². The second kappa shape index (κ2) is 5.20. The van der Waals surface area contributed by atoms with Crippen LogP contribution in [-0.2, 0) is 13.9 Å². The van der Waals surface area contributed by atoms with Crippen LogP contribution in [0.3, 0.4) is 0 Å². The maximum Gasteiger partial charge on any atom is 0.330 e. The first kappa shape index (κ1) is 11.5. The Labute approximate surface area is 77.6 Å². The van der Waals surface area contributed by atoms with Crippen molar-refractivity contribution in [2.45, 2.75) is 6.92 Å². The summed E-state index contributed by atoms with van der Waals surface area (Å²) in [5.41, 5.74) is 0. The highest BCUT2D eigenvalue weighted by molar-refractivity contribution is 9.09. The topological polar surface area (TPSA) is 63.6 Å². The second-order valence-electron chi connectivity index (χ2n) is 1.26. The van der Waals surface area contributed by atoms with Crippen molar-refractivity contribution in [1.82, 2.24) is 0 Å². The van der Waals surface area contributed by atoms with E-state index in [2.05, 4.69) is 12.2 Å². The predicted molar refractivity (Wildman–Crippen MR) is 51.0 cm³/mol. The Morgan fingerprint density at radius 1 is 1.73 bits per heavy atom. The third-order valence-corrected chi connectivity index (χ3v) is 4.96. The summed E-state index contributed by atoms with van der Waals surface area (Å²) >= 11 is 4.57. The molecule has 1 N–H and O–H groups in total. The van der Waals surface area contributed by atoms with E-state index in [9.17, 15) is 8.42 Å². The Kier molecular flexibility index (Phi) is 5.44. The van der Waals surface area contributed by atoms with Crippen molar-refractivity contribution >= 4 is 46.4 Å². The van der Waals surface area contributed by atoms with Crippen LogP contribution in [0.1, 0.15) is 6.92 Å². The van der Waals surface area contributed by atoms with Gasteiger partial charge in [-0.2, -0.15) is 8.42 Å². The molecule has 8 heteroatoms. The van der Waals surface area contributed by atoms with Crippen molar-refractivity contribution in [3.05, 3.63) is 0 Å². The zero-order valence-corrected chi connectivity index (χ0v) is 8.78. The van der Waals surface area contributed by atoms with Gasteiger partial charge in [0.25, 0.3) is 0 Å². The molecule has 0 radical (unpaired) electrons. The Bertz CT molecular complexity index is 219. The molecule has 4 nitrogen and oxygen atoms in total. The van der Waals surface area contributed by atoms with Crippen molar-refractivity contribution in [2.24, 2.45) is 0 Å². The molecule has 0 heterocycles. The van der Waals surface area contributed by atoms with Crippen molar-refractivity contribution < 1.29 is 17.7 Å².